The maximum absolute atomic E-state index is 4.28. The second kappa shape index (κ2) is 3.01. The van der Waals surface area contributed by atoms with Crippen molar-refractivity contribution in [1.82, 2.24) is 10.3 Å². The van der Waals surface area contributed by atoms with Crippen molar-refractivity contribution in [2.24, 2.45) is 0 Å². The highest BCUT2D eigenvalue weighted by atomic mass is 14.9. The van der Waals surface area contributed by atoms with Crippen LogP contribution >= 0.6 is 0 Å². The minimum absolute atomic E-state index is 0.958. The molecule has 0 aromatic carbocycles. The van der Waals surface area contributed by atoms with E-state index in [2.05, 4.69) is 16.4 Å². The molecule has 2 rings (SSSR count). The third kappa shape index (κ3) is 1.40. The van der Waals surface area contributed by atoms with Crippen molar-refractivity contribution in [2.45, 2.75) is 19.4 Å². The number of aromatic nitrogens is 1. The van der Waals surface area contributed by atoms with Crippen LogP contribution < -0.4 is 5.32 Å². The van der Waals surface area contributed by atoms with Gasteiger partial charge < -0.3 is 5.32 Å². The van der Waals surface area contributed by atoms with Crippen LogP contribution in [0, 0.1) is 6.07 Å². The van der Waals surface area contributed by atoms with E-state index in [4.69, 9.17) is 0 Å². The number of pyridine rings is 1. The van der Waals surface area contributed by atoms with Gasteiger partial charge in [0.1, 0.15) is 0 Å². The van der Waals surface area contributed by atoms with Crippen molar-refractivity contribution in [3.63, 3.8) is 0 Å². The van der Waals surface area contributed by atoms with E-state index < -0.39 is 0 Å². The molecule has 0 fully saturated rings. The van der Waals surface area contributed by atoms with Crippen LogP contribution in [0.3, 0.4) is 0 Å². The average Bonchev–Trinajstić information content (AvgIpc) is 2.28. The van der Waals surface area contributed by atoms with Crippen LogP contribution in [0.1, 0.15) is 17.7 Å². The Bertz CT molecular complexity index is 220. The van der Waals surface area contributed by atoms with E-state index >= 15 is 0 Å². The van der Waals surface area contributed by atoms with Gasteiger partial charge in [0, 0.05) is 24.5 Å². The third-order valence-electron chi connectivity index (χ3n) is 2.01. The van der Waals surface area contributed by atoms with Gasteiger partial charge in [0.05, 0.1) is 0 Å². The maximum Gasteiger partial charge on any atom is 0.0449 e. The fourth-order valence-electron chi connectivity index (χ4n) is 1.40. The second-order valence-electron chi connectivity index (χ2n) is 2.82. The molecule has 0 amide bonds. The SMILES string of the molecule is [c]1cnc2c(c1)CNCCC2. The van der Waals surface area contributed by atoms with Gasteiger partial charge in [0.25, 0.3) is 0 Å². The van der Waals surface area contributed by atoms with Crippen LogP contribution in [-0.2, 0) is 13.0 Å². The Kier molecular flexibility index (Phi) is 1.86. The molecule has 2 nitrogen and oxygen atoms in total. The van der Waals surface area contributed by atoms with Crippen LogP contribution in [0.25, 0.3) is 0 Å². The van der Waals surface area contributed by atoms with E-state index in [1.165, 1.54) is 17.7 Å². The molecule has 2 heteroatoms. The first-order valence-electron chi connectivity index (χ1n) is 4.01. The molecular weight excluding hydrogens is 136 g/mol. The Morgan fingerprint density at radius 1 is 1.55 bits per heavy atom. The molecule has 1 aromatic heterocycles. The Balaban J connectivity index is 2.33. The summed E-state index contributed by atoms with van der Waals surface area (Å²) in [4.78, 5) is 4.28. The van der Waals surface area contributed by atoms with Gasteiger partial charge in [-0.1, -0.05) is 0 Å². The van der Waals surface area contributed by atoms with Crippen molar-refractivity contribution in [2.75, 3.05) is 6.54 Å². The maximum atomic E-state index is 4.28. The molecule has 0 unspecified atom stereocenters. The molecule has 0 atom stereocenters. The van der Waals surface area contributed by atoms with Crippen molar-refractivity contribution in [3.05, 3.63) is 29.6 Å². The molecule has 0 spiro atoms. The van der Waals surface area contributed by atoms with Crippen LogP contribution in [-0.4, -0.2) is 11.5 Å². The van der Waals surface area contributed by atoms with Gasteiger partial charge in [-0.05, 0) is 31.0 Å². The van der Waals surface area contributed by atoms with Crippen LogP contribution in [0.2, 0.25) is 0 Å². The van der Waals surface area contributed by atoms with Crippen molar-refractivity contribution >= 4 is 0 Å². The molecule has 1 N–H and O–H groups in total. The standard InChI is InChI=1S/C9H11N2/c1-3-8-7-10-5-2-4-9(8)11-6-1/h3,6,10H,2,4-5,7H2. The van der Waals surface area contributed by atoms with E-state index in [0.717, 1.165) is 19.5 Å². The summed E-state index contributed by atoms with van der Waals surface area (Å²) in [6.45, 7) is 2.07. The molecule has 1 aliphatic heterocycles. The topological polar surface area (TPSA) is 24.9 Å². The summed E-state index contributed by atoms with van der Waals surface area (Å²) >= 11 is 0. The molecule has 1 radical (unpaired) electrons. The zero-order valence-corrected chi connectivity index (χ0v) is 6.43. The number of rotatable bonds is 0. The monoisotopic (exact) mass is 147 g/mol. The predicted molar refractivity (Wildman–Crippen MR) is 43.1 cm³/mol. The Labute approximate surface area is 66.7 Å². The average molecular weight is 147 g/mol. The largest absolute Gasteiger partial charge is 0.313 e. The fraction of sp³-hybridized carbons (Fsp3) is 0.444. The smallest absolute Gasteiger partial charge is 0.0449 e. The van der Waals surface area contributed by atoms with Crippen LogP contribution in [0.4, 0.5) is 0 Å². The summed E-state index contributed by atoms with van der Waals surface area (Å²) in [5.41, 5.74) is 2.55. The summed E-state index contributed by atoms with van der Waals surface area (Å²) in [5.74, 6) is 0. The number of fused-ring (bicyclic) bond motifs is 1. The summed E-state index contributed by atoms with van der Waals surface area (Å²) < 4.78 is 0. The molecule has 57 valence electrons. The number of nitrogens with zero attached hydrogens (tertiary/aromatic N) is 1. The van der Waals surface area contributed by atoms with E-state index in [0.29, 0.717) is 0 Å². The van der Waals surface area contributed by atoms with Crippen LogP contribution in [0.15, 0.2) is 12.3 Å². The number of hydrogen-bond acceptors (Lipinski definition) is 2. The molecule has 1 aliphatic rings. The molecule has 11 heavy (non-hydrogen) atoms. The highest BCUT2D eigenvalue weighted by Crippen LogP contribution is 2.09. The first kappa shape index (κ1) is 6.80. The molecule has 2 heterocycles. The van der Waals surface area contributed by atoms with Crippen molar-refractivity contribution in [3.8, 4) is 0 Å². The minimum Gasteiger partial charge on any atom is -0.313 e. The molecule has 1 aromatic rings. The lowest BCUT2D eigenvalue weighted by Crippen LogP contribution is -2.11. The van der Waals surface area contributed by atoms with Crippen molar-refractivity contribution in [1.29, 1.82) is 0 Å². The number of hydrogen-bond donors (Lipinski definition) is 1. The van der Waals surface area contributed by atoms with Crippen LogP contribution in [0.5, 0.6) is 0 Å². The second-order valence-corrected chi connectivity index (χ2v) is 2.82. The molecule has 0 saturated carbocycles. The van der Waals surface area contributed by atoms with E-state index in [-0.39, 0.29) is 0 Å². The van der Waals surface area contributed by atoms with Gasteiger partial charge in [0.2, 0.25) is 0 Å². The summed E-state index contributed by atoms with van der Waals surface area (Å²) in [5, 5.41) is 3.34. The molecule has 0 bridgehead atoms. The zero-order valence-electron chi connectivity index (χ0n) is 6.43. The van der Waals surface area contributed by atoms with Crippen molar-refractivity contribution < 1.29 is 0 Å². The fourth-order valence-corrected chi connectivity index (χ4v) is 1.40. The normalized spacial score (nSPS) is 17.1. The molecular formula is C9H11N2. The van der Waals surface area contributed by atoms with Gasteiger partial charge in [-0.15, -0.1) is 0 Å². The molecule has 0 saturated heterocycles. The predicted octanol–water partition coefficient (Wildman–Crippen LogP) is 0.918. The Morgan fingerprint density at radius 2 is 2.55 bits per heavy atom. The Morgan fingerprint density at radius 3 is 3.55 bits per heavy atom. The first-order valence-corrected chi connectivity index (χ1v) is 4.01. The van der Waals surface area contributed by atoms with Gasteiger partial charge in [-0.25, -0.2) is 0 Å². The van der Waals surface area contributed by atoms with Gasteiger partial charge in [-0.2, -0.15) is 0 Å². The minimum atomic E-state index is 0.958. The van der Waals surface area contributed by atoms with E-state index in [1.54, 1.807) is 6.20 Å². The Hall–Kier alpha value is -0.890. The van der Waals surface area contributed by atoms with Gasteiger partial charge >= 0.3 is 0 Å². The lowest BCUT2D eigenvalue weighted by atomic mass is 10.1. The van der Waals surface area contributed by atoms with E-state index in [1.807, 2.05) is 6.07 Å². The quantitative estimate of drug-likeness (QED) is 0.590. The summed E-state index contributed by atoms with van der Waals surface area (Å²) in [7, 11) is 0. The van der Waals surface area contributed by atoms with E-state index in [9.17, 15) is 0 Å². The number of nitrogens with one attached hydrogen (secondary N) is 1. The van der Waals surface area contributed by atoms with Gasteiger partial charge in [-0.3, -0.25) is 4.98 Å². The lowest BCUT2D eigenvalue weighted by molar-refractivity contribution is 0.680. The molecule has 0 aliphatic carbocycles. The highest BCUT2D eigenvalue weighted by molar-refractivity contribution is 5.19. The summed E-state index contributed by atoms with van der Waals surface area (Å²) in [6.07, 6.45) is 4.06. The summed E-state index contributed by atoms with van der Waals surface area (Å²) in [6, 6.07) is 5.03. The zero-order chi connectivity index (χ0) is 7.52. The first-order chi connectivity index (χ1) is 5.47. The lowest BCUT2D eigenvalue weighted by Gasteiger charge is -2.01. The third-order valence-corrected chi connectivity index (χ3v) is 2.01. The highest BCUT2D eigenvalue weighted by Gasteiger charge is 2.06. The van der Waals surface area contributed by atoms with Gasteiger partial charge in [0.15, 0.2) is 0 Å². The number of aryl methyl sites for hydroxylation is 1.